The van der Waals surface area contributed by atoms with Gasteiger partial charge in [-0.2, -0.15) is 0 Å². The number of rotatable bonds is 3. The largest absolute Gasteiger partial charge is 0.340 e. The van der Waals surface area contributed by atoms with Crippen LogP contribution in [-0.4, -0.2) is 15.0 Å². The highest BCUT2D eigenvalue weighted by Crippen LogP contribution is 2.32. The predicted molar refractivity (Wildman–Crippen MR) is 94.2 cm³/mol. The molecule has 0 bridgehead atoms. The quantitative estimate of drug-likeness (QED) is 0.613. The van der Waals surface area contributed by atoms with Crippen LogP contribution in [0.1, 0.15) is 5.69 Å². The highest BCUT2D eigenvalue weighted by molar-refractivity contribution is 7.19. The Morgan fingerprint density at radius 3 is 2.57 bits per heavy atom. The second-order valence-corrected chi connectivity index (χ2v) is 5.87. The minimum absolute atomic E-state index is 0. The molecule has 21 heavy (non-hydrogen) atoms. The standard InChI is InChI=1S/C13H9Cl2N3S.2ClH/c14-6-9-12(8-2-1-5-16-7-8)18-13(17-9)10-3-4-11(15)19-10;;/h1-5,7H,6H2,(H,17,18);2*1H. The van der Waals surface area contributed by atoms with Crippen LogP contribution < -0.4 is 0 Å². The molecular formula is C13H11Cl4N3S. The van der Waals surface area contributed by atoms with E-state index in [0.717, 1.165) is 32.0 Å². The lowest BCUT2D eigenvalue weighted by Gasteiger charge is -1.97. The lowest BCUT2D eigenvalue weighted by atomic mass is 10.2. The molecule has 0 aromatic carbocycles. The van der Waals surface area contributed by atoms with Crippen molar-refractivity contribution in [3.63, 3.8) is 0 Å². The number of imidazole rings is 1. The lowest BCUT2D eigenvalue weighted by molar-refractivity contribution is 1.23. The van der Waals surface area contributed by atoms with Crippen LogP contribution in [-0.2, 0) is 5.88 Å². The summed E-state index contributed by atoms with van der Waals surface area (Å²) in [5, 5.41) is 0. The van der Waals surface area contributed by atoms with E-state index in [4.69, 9.17) is 23.2 Å². The van der Waals surface area contributed by atoms with Crippen molar-refractivity contribution in [1.29, 1.82) is 0 Å². The van der Waals surface area contributed by atoms with Gasteiger partial charge in [0.1, 0.15) is 5.82 Å². The van der Waals surface area contributed by atoms with Gasteiger partial charge in [0.15, 0.2) is 0 Å². The van der Waals surface area contributed by atoms with Crippen molar-refractivity contribution in [1.82, 2.24) is 15.0 Å². The normalized spacial score (nSPS) is 9.81. The van der Waals surface area contributed by atoms with Gasteiger partial charge in [0.2, 0.25) is 0 Å². The smallest absolute Gasteiger partial charge is 0.148 e. The Labute approximate surface area is 148 Å². The van der Waals surface area contributed by atoms with Gasteiger partial charge in [0.05, 0.1) is 26.5 Å². The second-order valence-electron chi connectivity index (χ2n) is 3.89. The molecule has 0 unspecified atom stereocenters. The van der Waals surface area contributed by atoms with E-state index in [0.29, 0.717) is 5.88 Å². The van der Waals surface area contributed by atoms with Crippen molar-refractivity contribution >= 4 is 59.4 Å². The number of aromatic amines is 1. The fourth-order valence-electron chi connectivity index (χ4n) is 1.81. The molecule has 112 valence electrons. The van der Waals surface area contributed by atoms with Crippen LogP contribution in [0.25, 0.3) is 22.0 Å². The van der Waals surface area contributed by atoms with Gasteiger partial charge in [-0.15, -0.1) is 47.8 Å². The van der Waals surface area contributed by atoms with Crippen molar-refractivity contribution in [2.45, 2.75) is 5.88 Å². The Kier molecular flexibility index (Phi) is 6.97. The number of nitrogens with one attached hydrogen (secondary N) is 1. The average molecular weight is 383 g/mol. The van der Waals surface area contributed by atoms with Crippen LogP contribution >= 0.6 is 59.4 Å². The first-order valence-corrected chi connectivity index (χ1v) is 7.32. The number of nitrogens with zero attached hydrogens (tertiary/aromatic N) is 2. The summed E-state index contributed by atoms with van der Waals surface area (Å²) >= 11 is 13.4. The van der Waals surface area contributed by atoms with E-state index in [-0.39, 0.29) is 24.8 Å². The zero-order chi connectivity index (χ0) is 13.2. The van der Waals surface area contributed by atoms with Crippen molar-refractivity contribution in [3.05, 3.63) is 46.7 Å². The molecule has 0 saturated carbocycles. The Morgan fingerprint density at radius 2 is 2.00 bits per heavy atom. The number of halogens is 4. The maximum atomic E-state index is 5.97. The fourth-order valence-corrected chi connectivity index (χ4v) is 2.99. The van der Waals surface area contributed by atoms with E-state index in [1.54, 1.807) is 12.4 Å². The monoisotopic (exact) mass is 381 g/mol. The number of alkyl halides is 1. The second kappa shape index (κ2) is 8.01. The number of hydrogen-bond acceptors (Lipinski definition) is 3. The molecule has 0 saturated heterocycles. The van der Waals surface area contributed by atoms with Gasteiger partial charge in [-0.1, -0.05) is 11.6 Å². The zero-order valence-electron chi connectivity index (χ0n) is 10.5. The molecule has 3 nitrogen and oxygen atoms in total. The van der Waals surface area contributed by atoms with Crippen LogP contribution in [0.15, 0.2) is 36.7 Å². The van der Waals surface area contributed by atoms with Gasteiger partial charge < -0.3 is 4.98 Å². The first-order chi connectivity index (χ1) is 9.28. The zero-order valence-corrected chi connectivity index (χ0v) is 14.5. The van der Waals surface area contributed by atoms with Gasteiger partial charge in [-0.3, -0.25) is 4.98 Å². The molecular weight excluding hydrogens is 372 g/mol. The van der Waals surface area contributed by atoms with Crippen molar-refractivity contribution < 1.29 is 0 Å². The van der Waals surface area contributed by atoms with E-state index in [1.807, 2.05) is 24.3 Å². The number of H-pyrrole nitrogens is 1. The third-order valence-electron chi connectivity index (χ3n) is 2.65. The van der Waals surface area contributed by atoms with Gasteiger partial charge in [-0.05, 0) is 24.3 Å². The summed E-state index contributed by atoms with van der Waals surface area (Å²) in [6.07, 6.45) is 3.51. The maximum Gasteiger partial charge on any atom is 0.148 e. The Balaban J connectivity index is 0.00000110. The van der Waals surface area contributed by atoms with Gasteiger partial charge in [0.25, 0.3) is 0 Å². The molecule has 3 heterocycles. The molecule has 0 amide bonds. The van der Waals surface area contributed by atoms with E-state index in [2.05, 4.69) is 15.0 Å². The van der Waals surface area contributed by atoms with Crippen LogP contribution in [0, 0.1) is 0 Å². The molecule has 0 aliphatic carbocycles. The molecule has 0 spiro atoms. The molecule has 3 rings (SSSR count). The number of thiophene rings is 1. The van der Waals surface area contributed by atoms with Crippen molar-refractivity contribution in [2.24, 2.45) is 0 Å². The molecule has 0 aliphatic heterocycles. The Hall–Kier alpha value is -0.780. The van der Waals surface area contributed by atoms with Crippen LogP contribution in [0.2, 0.25) is 4.34 Å². The Bertz CT molecular complexity index is 697. The number of aromatic nitrogens is 3. The fraction of sp³-hybridized carbons (Fsp3) is 0.0769. The minimum atomic E-state index is 0. The van der Waals surface area contributed by atoms with Crippen LogP contribution in [0.5, 0.6) is 0 Å². The molecule has 0 aliphatic rings. The first kappa shape index (κ1) is 18.3. The maximum absolute atomic E-state index is 5.97. The summed E-state index contributed by atoms with van der Waals surface area (Å²) in [5.74, 6) is 1.16. The van der Waals surface area contributed by atoms with Gasteiger partial charge >= 0.3 is 0 Å². The third-order valence-corrected chi connectivity index (χ3v) is 4.16. The SMILES string of the molecule is Cl.Cl.ClCc1[nH]c(-c2ccc(Cl)s2)nc1-c1cccnc1. The molecule has 1 N–H and O–H groups in total. The highest BCUT2D eigenvalue weighted by atomic mass is 35.5. The van der Waals surface area contributed by atoms with Crippen LogP contribution in [0.4, 0.5) is 0 Å². The third kappa shape index (κ3) is 3.90. The summed E-state index contributed by atoms with van der Waals surface area (Å²) in [5.41, 5.74) is 2.67. The van der Waals surface area contributed by atoms with E-state index < -0.39 is 0 Å². The predicted octanol–water partition coefficient (Wildman–Crippen LogP) is 5.44. The molecule has 8 heteroatoms. The van der Waals surface area contributed by atoms with Crippen molar-refractivity contribution in [3.8, 4) is 22.0 Å². The van der Waals surface area contributed by atoms with E-state index in [9.17, 15) is 0 Å². The number of hydrogen-bond donors (Lipinski definition) is 1. The molecule has 3 aromatic rings. The summed E-state index contributed by atoms with van der Waals surface area (Å²) in [6.45, 7) is 0. The molecule has 0 fully saturated rings. The molecule has 3 aromatic heterocycles. The lowest BCUT2D eigenvalue weighted by Crippen LogP contribution is -1.84. The van der Waals surface area contributed by atoms with E-state index in [1.165, 1.54) is 11.3 Å². The Morgan fingerprint density at radius 1 is 1.19 bits per heavy atom. The first-order valence-electron chi connectivity index (χ1n) is 5.59. The summed E-state index contributed by atoms with van der Waals surface area (Å²) in [7, 11) is 0. The van der Waals surface area contributed by atoms with Crippen LogP contribution in [0.3, 0.4) is 0 Å². The summed E-state index contributed by atoms with van der Waals surface area (Å²) in [6, 6.07) is 7.64. The summed E-state index contributed by atoms with van der Waals surface area (Å²) < 4.78 is 0.738. The van der Waals surface area contributed by atoms with Crippen molar-refractivity contribution in [2.75, 3.05) is 0 Å². The average Bonchev–Trinajstić information content (AvgIpc) is 3.05. The highest BCUT2D eigenvalue weighted by Gasteiger charge is 2.14. The van der Waals surface area contributed by atoms with Gasteiger partial charge in [-0.25, -0.2) is 4.98 Å². The van der Waals surface area contributed by atoms with Gasteiger partial charge in [0, 0.05) is 18.0 Å². The van der Waals surface area contributed by atoms with E-state index >= 15 is 0 Å². The topological polar surface area (TPSA) is 41.6 Å². The summed E-state index contributed by atoms with van der Waals surface area (Å²) in [4.78, 5) is 12.9. The minimum Gasteiger partial charge on any atom is -0.340 e. The molecule has 0 radical (unpaired) electrons. The molecule has 0 atom stereocenters. The number of pyridine rings is 1.